The number of hydrogen-bond donors (Lipinski definition) is 0. The number of para-hydroxylation sites is 2. The van der Waals surface area contributed by atoms with Crippen LogP contribution in [0.25, 0.3) is 10.9 Å². The van der Waals surface area contributed by atoms with Gasteiger partial charge in [-0.2, -0.15) is 0 Å². The molecule has 34 heavy (non-hydrogen) atoms. The van der Waals surface area contributed by atoms with E-state index in [1.807, 2.05) is 77.1 Å². The van der Waals surface area contributed by atoms with Crippen LogP contribution in [0.2, 0.25) is 0 Å². The van der Waals surface area contributed by atoms with Crippen molar-refractivity contribution < 1.29 is 23.8 Å². The lowest BCUT2D eigenvalue weighted by molar-refractivity contribution is 0.0541. The Balaban J connectivity index is 1.77. The molecule has 0 saturated heterocycles. The van der Waals surface area contributed by atoms with Gasteiger partial charge in [-0.05, 0) is 52.3 Å². The molecule has 7 nitrogen and oxygen atoms in total. The Morgan fingerprint density at radius 3 is 2.71 bits per heavy atom. The van der Waals surface area contributed by atoms with Gasteiger partial charge in [0.1, 0.15) is 18.8 Å². The maximum Gasteiger partial charge on any atom is 0.419 e. The molecule has 0 saturated carbocycles. The number of ether oxygens (including phenoxy) is 3. The van der Waals surface area contributed by atoms with Crippen molar-refractivity contribution in [2.45, 2.75) is 46.1 Å². The van der Waals surface area contributed by atoms with Gasteiger partial charge in [-0.3, -0.25) is 0 Å². The predicted molar refractivity (Wildman–Crippen MR) is 130 cm³/mol. The fourth-order valence-electron chi connectivity index (χ4n) is 4.91. The number of carbonyl (C=O) groups excluding carboxylic acids is 1. The summed E-state index contributed by atoms with van der Waals surface area (Å²) >= 11 is 0. The van der Waals surface area contributed by atoms with Gasteiger partial charge in [-0.15, -0.1) is 0 Å². The van der Waals surface area contributed by atoms with Crippen LogP contribution in [0.4, 0.5) is 4.79 Å². The highest BCUT2D eigenvalue weighted by atomic mass is 16.6. The number of nitrogens with zero attached hydrogens (tertiary/aromatic N) is 2. The van der Waals surface area contributed by atoms with Gasteiger partial charge in [-0.1, -0.05) is 35.5 Å². The van der Waals surface area contributed by atoms with Crippen LogP contribution in [0.5, 0.6) is 11.5 Å². The minimum atomic E-state index is -0.612. The molecule has 0 amide bonds. The zero-order valence-electron chi connectivity index (χ0n) is 20.3. The van der Waals surface area contributed by atoms with Crippen molar-refractivity contribution in [2.24, 2.45) is 11.1 Å². The monoisotopic (exact) mass is 462 g/mol. The summed E-state index contributed by atoms with van der Waals surface area (Å²) in [5.74, 6) is 1.19. The van der Waals surface area contributed by atoms with Crippen molar-refractivity contribution in [1.82, 2.24) is 4.57 Å². The summed E-state index contributed by atoms with van der Waals surface area (Å²) in [6, 6.07) is 13.9. The molecule has 178 valence electrons. The van der Waals surface area contributed by atoms with Crippen molar-refractivity contribution in [3.05, 3.63) is 59.3 Å². The normalized spacial score (nSPS) is 19.4. The van der Waals surface area contributed by atoms with E-state index in [0.29, 0.717) is 25.6 Å². The Hall–Kier alpha value is -3.48. The second-order valence-corrected chi connectivity index (χ2v) is 9.69. The fourth-order valence-corrected chi connectivity index (χ4v) is 4.91. The van der Waals surface area contributed by atoms with E-state index in [9.17, 15) is 4.79 Å². The lowest BCUT2D eigenvalue weighted by Gasteiger charge is -2.22. The molecule has 5 rings (SSSR count). The van der Waals surface area contributed by atoms with Gasteiger partial charge in [0.15, 0.2) is 11.5 Å². The largest absolute Gasteiger partial charge is 0.490 e. The molecule has 3 heterocycles. The van der Waals surface area contributed by atoms with E-state index in [2.05, 4.69) is 5.16 Å². The molecule has 3 aromatic rings. The first-order valence-electron chi connectivity index (χ1n) is 11.7. The average Bonchev–Trinajstić information content (AvgIpc) is 3.31. The molecule has 0 aliphatic carbocycles. The van der Waals surface area contributed by atoms with E-state index in [0.717, 1.165) is 39.2 Å². The second kappa shape index (κ2) is 8.38. The molecule has 0 fully saturated rings. The summed E-state index contributed by atoms with van der Waals surface area (Å²) in [6.07, 6.45) is -0.401. The van der Waals surface area contributed by atoms with Crippen LogP contribution in [0.15, 0.2) is 47.6 Å². The summed E-state index contributed by atoms with van der Waals surface area (Å²) < 4.78 is 19.6. The Morgan fingerprint density at radius 2 is 1.94 bits per heavy atom. The highest BCUT2D eigenvalue weighted by Gasteiger charge is 2.41. The van der Waals surface area contributed by atoms with Crippen molar-refractivity contribution in [3.8, 4) is 11.5 Å². The zero-order valence-corrected chi connectivity index (χ0v) is 20.3. The summed E-state index contributed by atoms with van der Waals surface area (Å²) in [5, 5.41) is 5.45. The maximum atomic E-state index is 13.3. The minimum Gasteiger partial charge on any atom is -0.490 e. The third-order valence-corrected chi connectivity index (χ3v) is 6.23. The van der Waals surface area contributed by atoms with Gasteiger partial charge in [0.25, 0.3) is 0 Å². The molecule has 2 aliphatic rings. The molecular formula is C27H30N2O5. The van der Waals surface area contributed by atoms with Gasteiger partial charge in [0.05, 0.1) is 29.7 Å². The third-order valence-electron chi connectivity index (χ3n) is 6.23. The first-order valence-corrected chi connectivity index (χ1v) is 11.7. The Kier molecular flexibility index (Phi) is 5.50. The smallest absolute Gasteiger partial charge is 0.419 e. The van der Waals surface area contributed by atoms with Crippen LogP contribution >= 0.6 is 0 Å². The lowest BCUT2D eigenvalue weighted by Crippen LogP contribution is -2.28. The highest BCUT2D eigenvalue weighted by molar-refractivity contribution is 6.03. The zero-order chi connectivity index (χ0) is 24.0. The first-order chi connectivity index (χ1) is 16.3. The second-order valence-electron chi connectivity index (χ2n) is 9.69. The Morgan fingerprint density at radius 1 is 1.15 bits per heavy atom. The third kappa shape index (κ3) is 3.69. The van der Waals surface area contributed by atoms with Crippen LogP contribution in [-0.4, -0.2) is 41.8 Å². The SMILES string of the molecule is CCOc1cccc2c1OC[C@@H]1CON=C1[C@H]2c1c(C)n(C(=O)OC(C)(C)C)c2ccccc12. The van der Waals surface area contributed by atoms with Crippen LogP contribution in [0, 0.1) is 12.8 Å². The van der Waals surface area contributed by atoms with Gasteiger partial charge in [-0.25, -0.2) is 9.36 Å². The number of hydrogen-bond acceptors (Lipinski definition) is 6. The van der Waals surface area contributed by atoms with Crippen LogP contribution in [0.1, 0.15) is 50.4 Å². The molecule has 1 aromatic heterocycles. The van der Waals surface area contributed by atoms with Crippen LogP contribution < -0.4 is 9.47 Å². The summed E-state index contributed by atoms with van der Waals surface area (Å²) in [4.78, 5) is 18.9. The Bertz CT molecular complexity index is 1280. The molecule has 7 heteroatoms. The minimum absolute atomic E-state index is 0.00918. The Labute approximate surface area is 199 Å². The van der Waals surface area contributed by atoms with Crippen molar-refractivity contribution in [1.29, 1.82) is 0 Å². The van der Waals surface area contributed by atoms with Gasteiger partial charge in [0, 0.05) is 16.6 Å². The van der Waals surface area contributed by atoms with Crippen molar-refractivity contribution in [2.75, 3.05) is 19.8 Å². The van der Waals surface area contributed by atoms with Gasteiger partial charge >= 0.3 is 6.09 Å². The molecule has 0 unspecified atom stereocenters. The maximum absolute atomic E-state index is 13.3. The standard InChI is InChI=1S/C27H30N2O5/c1-6-31-21-13-9-11-19-23(24-17(15-33-28-24)14-32-25(19)21)22-16(2)29(26(30)34-27(3,4)5)20-12-8-7-10-18(20)22/h7-13,17,23H,6,14-15H2,1-5H3/t17-,23-/m1/s1. The van der Waals surface area contributed by atoms with E-state index < -0.39 is 11.7 Å². The summed E-state index contributed by atoms with van der Waals surface area (Å²) in [6.45, 7) is 11.0. The number of oxime groups is 1. The van der Waals surface area contributed by atoms with Crippen LogP contribution in [0.3, 0.4) is 0 Å². The van der Waals surface area contributed by atoms with E-state index in [-0.39, 0.29) is 11.8 Å². The summed E-state index contributed by atoms with van der Waals surface area (Å²) in [5.41, 5.74) is 3.85. The van der Waals surface area contributed by atoms with Crippen molar-refractivity contribution in [3.63, 3.8) is 0 Å². The summed E-state index contributed by atoms with van der Waals surface area (Å²) in [7, 11) is 0. The van der Waals surface area contributed by atoms with E-state index in [1.165, 1.54) is 0 Å². The number of rotatable bonds is 3. The molecule has 2 aliphatic heterocycles. The molecular weight excluding hydrogens is 432 g/mol. The topological polar surface area (TPSA) is 71.3 Å². The molecule has 0 radical (unpaired) electrons. The van der Waals surface area contributed by atoms with Crippen molar-refractivity contribution >= 4 is 22.7 Å². The number of benzene rings is 2. The quantitative estimate of drug-likeness (QED) is 0.502. The lowest BCUT2D eigenvalue weighted by atomic mass is 9.81. The first kappa shape index (κ1) is 22.3. The average molecular weight is 463 g/mol. The fraction of sp³-hybridized carbons (Fsp3) is 0.407. The van der Waals surface area contributed by atoms with E-state index >= 15 is 0 Å². The number of fused-ring (bicyclic) bond motifs is 3. The molecule has 0 N–H and O–H groups in total. The van der Waals surface area contributed by atoms with Gasteiger partial charge < -0.3 is 19.0 Å². The van der Waals surface area contributed by atoms with E-state index in [1.54, 1.807) is 4.57 Å². The molecule has 2 atom stereocenters. The van der Waals surface area contributed by atoms with Gasteiger partial charge in [0.2, 0.25) is 0 Å². The molecule has 2 aromatic carbocycles. The number of aromatic nitrogens is 1. The number of carbonyl (C=O) groups is 1. The molecule has 0 bridgehead atoms. The van der Waals surface area contributed by atoms with E-state index in [4.69, 9.17) is 19.0 Å². The predicted octanol–water partition coefficient (Wildman–Crippen LogP) is 5.66. The molecule has 0 spiro atoms. The highest BCUT2D eigenvalue weighted by Crippen LogP contribution is 2.47. The van der Waals surface area contributed by atoms with Crippen LogP contribution in [-0.2, 0) is 9.57 Å².